The standard InChI is InChI=1S/C18H22ClN5/c19-15-5-1-2-6-16(15)22-9-11-24(12-10-22)18-13-17(20-14-21-18)23-7-3-4-8-23/h1-2,5-6,13-14H,3-4,7-12H2. The summed E-state index contributed by atoms with van der Waals surface area (Å²) in [6, 6.07) is 10.2. The Labute approximate surface area is 147 Å². The van der Waals surface area contributed by atoms with Gasteiger partial charge in [-0.1, -0.05) is 23.7 Å². The predicted molar refractivity (Wildman–Crippen MR) is 99.4 cm³/mol. The van der Waals surface area contributed by atoms with Crippen molar-refractivity contribution < 1.29 is 0 Å². The summed E-state index contributed by atoms with van der Waals surface area (Å²) in [6.45, 7) is 6.01. The Bertz CT molecular complexity index is 693. The smallest absolute Gasteiger partial charge is 0.134 e. The highest BCUT2D eigenvalue weighted by Gasteiger charge is 2.21. The van der Waals surface area contributed by atoms with Crippen LogP contribution in [0.5, 0.6) is 0 Å². The number of piperazine rings is 1. The molecule has 1 aromatic carbocycles. The summed E-state index contributed by atoms with van der Waals surface area (Å²) in [7, 11) is 0. The first kappa shape index (κ1) is 15.5. The first-order valence-corrected chi connectivity index (χ1v) is 9.00. The lowest BCUT2D eigenvalue weighted by Crippen LogP contribution is -2.47. The molecule has 3 heterocycles. The quantitative estimate of drug-likeness (QED) is 0.856. The Morgan fingerprint density at radius 1 is 0.750 bits per heavy atom. The van der Waals surface area contributed by atoms with Crippen LogP contribution in [0.2, 0.25) is 5.02 Å². The first-order valence-electron chi connectivity index (χ1n) is 8.63. The van der Waals surface area contributed by atoms with Crippen LogP contribution >= 0.6 is 11.6 Å². The van der Waals surface area contributed by atoms with Crippen molar-refractivity contribution in [2.75, 3.05) is 54.0 Å². The Kier molecular flexibility index (Phi) is 4.43. The number of para-hydroxylation sites is 1. The lowest BCUT2D eigenvalue weighted by atomic mass is 10.2. The minimum absolute atomic E-state index is 0.823. The molecule has 0 radical (unpaired) electrons. The molecule has 0 unspecified atom stereocenters. The van der Waals surface area contributed by atoms with Crippen LogP contribution in [0.4, 0.5) is 17.3 Å². The van der Waals surface area contributed by atoms with E-state index >= 15 is 0 Å². The van der Waals surface area contributed by atoms with E-state index in [9.17, 15) is 0 Å². The second kappa shape index (κ2) is 6.85. The number of halogens is 1. The van der Waals surface area contributed by atoms with E-state index in [1.165, 1.54) is 12.8 Å². The highest BCUT2D eigenvalue weighted by molar-refractivity contribution is 6.33. The molecule has 2 aliphatic heterocycles. The fraction of sp³-hybridized carbons (Fsp3) is 0.444. The summed E-state index contributed by atoms with van der Waals surface area (Å²) in [5.41, 5.74) is 1.12. The molecule has 0 amide bonds. The Balaban J connectivity index is 1.44. The molecule has 126 valence electrons. The maximum absolute atomic E-state index is 6.32. The van der Waals surface area contributed by atoms with Crippen LogP contribution in [0, 0.1) is 0 Å². The average Bonchev–Trinajstić information content (AvgIpc) is 3.17. The van der Waals surface area contributed by atoms with Crippen LogP contribution in [0.3, 0.4) is 0 Å². The molecule has 1 aromatic heterocycles. The number of benzene rings is 1. The van der Waals surface area contributed by atoms with E-state index in [2.05, 4.69) is 36.8 Å². The SMILES string of the molecule is Clc1ccccc1N1CCN(c2cc(N3CCCC3)ncn2)CC1. The van der Waals surface area contributed by atoms with E-state index in [1.807, 2.05) is 18.2 Å². The van der Waals surface area contributed by atoms with Gasteiger partial charge in [0.2, 0.25) is 0 Å². The zero-order valence-corrected chi connectivity index (χ0v) is 14.5. The minimum atomic E-state index is 0.823. The normalized spacial score (nSPS) is 18.3. The molecule has 2 aromatic rings. The molecule has 4 rings (SSSR count). The highest BCUT2D eigenvalue weighted by Crippen LogP contribution is 2.27. The topological polar surface area (TPSA) is 35.5 Å². The van der Waals surface area contributed by atoms with Gasteiger partial charge in [0.1, 0.15) is 18.0 Å². The van der Waals surface area contributed by atoms with Gasteiger partial charge < -0.3 is 14.7 Å². The molecule has 0 saturated carbocycles. The van der Waals surface area contributed by atoms with Crippen molar-refractivity contribution in [2.24, 2.45) is 0 Å². The molecule has 0 aliphatic carbocycles. The van der Waals surface area contributed by atoms with Gasteiger partial charge in [-0.15, -0.1) is 0 Å². The van der Waals surface area contributed by atoms with Crippen LogP contribution in [-0.2, 0) is 0 Å². The summed E-state index contributed by atoms with van der Waals surface area (Å²) >= 11 is 6.32. The third-order valence-corrected chi connectivity index (χ3v) is 5.18. The second-order valence-electron chi connectivity index (χ2n) is 6.35. The van der Waals surface area contributed by atoms with Crippen molar-refractivity contribution in [1.82, 2.24) is 9.97 Å². The summed E-state index contributed by atoms with van der Waals surface area (Å²) in [5.74, 6) is 2.09. The van der Waals surface area contributed by atoms with Crippen LogP contribution < -0.4 is 14.7 Å². The van der Waals surface area contributed by atoms with Crippen LogP contribution in [0.15, 0.2) is 36.7 Å². The molecule has 0 atom stereocenters. The Morgan fingerprint density at radius 3 is 2.00 bits per heavy atom. The van der Waals surface area contributed by atoms with Crippen molar-refractivity contribution in [3.8, 4) is 0 Å². The molecular formula is C18H22ClN5. The molecular weight excluding hydrogens is 322 g/mol. The Hall–Kier alpha value is -2.01. The highest BCUT2D eigenvalue weighted by atomic mass is 35.5. The van der Waals surface area contributed by atoms with E-state index in [-0.39, 0.29) is 0 Å². The van der Waals surface area contributed by atoms with Gasteiger partial charge in [-0.2, -0.15) is 0 Å². The predicted octanol–water partition coefficient (Wildman–Crippen LogP) is 3.06. The summed E-state index contributed by atoms with van der Waals surface area (Å²) in [6.07, 6.45) is 4.22. The van der Waals surface area contributed by atoms with E-state index < -0.39 is 0 Å². The monoisotopic (exact) mass is 343 g/mol. The molecule has 0 bridgehead atoms. The fourth-order valence-corrected chi connectivity index (χ4v) is 3.77. The third-order valence-electron chi connectivity index (χ3n) is 4.87. The first-order chi connectivity index (χ1) is 11.8. The number of hydrogen-bond acceptors (Lipinski definition) is 5. The van der Waals surface area contributed by atoms with Gasteiger partial charge in [0.15, 0.2) is 0 Å². The van der Waals surface area contributed by atoms with Crippen molar-refractivity contribution in [3.63, 3.8) is 0 Å². The fourth-order valence-electron chi connectivity index (χ4n) is 3.51. The van der Waals surface area contributed by atoms with Gasteiger partial charge in [-0.05, 0) is 25.0 Å². The minimum Gasteiger partial charge on any atom is -0.367 e. The van der Waals surface area contributed by atoms with Gasteiger partial charge in [-0.25, -0.2) is 9.97 Å². The van der Waals surface area contributed by atoms with Crippen LogP contribution in [0.25, 0.3) is 0 Å². The number of aromatic nitrogens is 2. The van der Waals surface area contributed by atoms with Crippen molar-refractivity contribution in [1.29, 1.82) is 0 Å². The number of rotatable bonds is 3. The Morgan fingerprint density at radius 2 is 1.33 bits per heavy atom. The van der Waals surface area contributed by atoms with Crippen molar-refractivity contribution in [2.45, 2.75) is 12.8 Å². The third kappa shape index (κ3) is 3.13. The zero-order chi connectivity index (χ0) is 16.4. The number of anilines is 3. The lowest BCUT2D eigenvalue weighted by Gasteiger charge is -2.37. The molecule has 2 aliphatic rings. The van der Waals surface area contributed by atoms with Crippen LogP contribution in [0.1, 0.15) is 12.8 Å². The molecule has 2 fully saturated rings. The molecule has 2 saturated heterocycles. The zero-order valence-electron chi connectivity index (χ0n) is 13.7. The molecule has 6 heteroatoms. The maximum Gasteiger partial charge on any atom is 0.134 e. The molecule has 0 spiro atoms. The van der Waals surface area contributed by atoms with Gasteiger partial charge in [-0.3, -0.25) is 0 Å². The average molecular weight is 344 g/mol. The van der Waals surface area contributed by atoms with Crippen LogP contribution in [-0.4, -0.2) is 49.2 Å². The van der Waals surface area contributed by atoms with Crippen molar-refractivity contribution in [3.05, 3.63) is 41.7 Å². The molecule has 0 N–H and O–H groups in total. The van der Waals surface area contributed by atoms with E-state index in [0.29, 0.717) is 0 Å². The van der Waals surface area contributed by atoms with Gasteiger partial charge in [0, 0.05) is 45.3 Å². The van der Waals surface area contributed by atoms with E-state index in [4.69, 9.17) is 11.6 Å². The van der Waals surface area contributed by atoms with E-state index in [1.54, 1.807) is 6.33 Å². The van der Waals surface area contributed by atoms with Gasteiger partial charge >= 0.3 is 0 Å². The molecule has 5 nitrogen and oxygen atoms in total. The van der Waals surface area contributed by atoms with Crippen molar-refractivity contribution >= 4 is 28.9 Å². The lowest BCUT2D eigenvalue weighted by molar-refractivity contribution is 0.646. The summed E-state index contributed by atoms with van der Waals surface area (Å²) in [4.78, 5) is 16.0. The van der Waals surface area contributed by atoms with E-state index in [0.717, 1.165) is 61.6 Å². The number of nitrogens with zero attached hydrogens (tertiary/aromatic N) is 5. The second-order valence-corrected chi connectivity index (χ2v) is 6.76. The largest absolute Gasteiger partial charge is 0.367 e. The number of hydrogen-bond donors (Lipinski definition) is 0. The summed E-state index contributed by atoms with van der Waals surface area (Å²) in [5, 5.41) is 0.823. The maximum atomic E-state index is 6.32. The van der Waals surface area contributed by atoms with Gasteiger partial charge in [0.25, 0.3) is 0 Å². The summed E-state index contributed by atoms with van der Waals surface area (Å²) < 4.78 is 0. The van der Waals surface area contributed by atoms with Gasteiger partial charge in [0.05, 0.1) is 10.7 Å². The molecule has 24 heavy (non-hydrogen) atoms.